The summed E-state index contributed by atoms with van der Waals surface area (Å²) >= 11 is 2.79. The minimum atomic E-state index is -0.499. The fraction of sp³-hybridized carbons (Fsp3) is 0.0789. The summed E-state index contributed by atoms with van der Waals surface area (Å²) in [6.07, 6.45) is 5.39. The van der Waals surface area contributed by atoms with E-state index in [0.717, 1.165) is 26.9 Å². The van der Waals surface area contributed by atoms with Crippen LogP contribution in [0.2, 0.25) is 0 Å². The number of carbonyl (C=O) groups is 3. The summed E-state index contributed by atoms with van der Waals surface area (Å²) in [6, 6.07) is 33.9. The molecule has 3 amide bonds. The van der Waals surface area contributed by atoms with E-state index in [4.69, 9.17) is 0 Å². The third kappa shape index (κ3) is 8.22. The van der Waals surface area contributed by atoms with Crippen LogP contribution in [0.3, 0.4) is 0 Å². The molecule has 0 saturated heterocycles. The predicted octanol–water partition coefficient (Wildman–Crippen LogP) is 8.28. The summed E-state index contributed by atoms with van der Waals surface area (Å²) in [5.74, 6) is -1.06. The molecule has 238 valence electrons. The van der Waals surface area contributed by atoms with Crippen LogP contribution in [0, 0.1) is 0 Å². The molecule has 0 aliphatic heterocycles. The van der Waals surface area contributed by atoms with Gasteiger partial charge in [0.25, 0.3) is 11.8 Å². The standard InChI is InChI=1S/C38H31N5O3S2/c1-2-34(37(46)43-38-42-33(24-47-38)29-18-17-26-11-6-7-14-28(26)21-29)48-31-16-8-15-30(22-31)40-36(45)32(20-25-10-9-19-39-23-25)41-35(44)27-12-4-3-5-13-27/h3-24,34H,2H2,1H3,(H,40,45)(H,41,44)(H,42,43,46)/b32-20-. The zero-order chi connectivity index (χ0) is 33.3. The molecule has 0 aliphatic rings. The van der Waals surface area contributed by atoms with Gasteiger partial charge in [0, 0.05) is 39.5 Å². The number of rotatable bonds is 11. The highest BCUT2D eigenvalue weighted by atomic mass is 32.2. The molecule has 0 radical (unpaired) electrons. The van der Waals surface area contributed by atoms with Crippen molar-refractivity contribution in [2.24, 2.45) is 0 Å². The first-order chi connectivity index (χ1) is 23.4. The van der Waals surface area contributed by atoms with E-state index < -0.39 is 17.1 Å². The maximum atomic E-state index is 13.5. The van der Waals surface area contributed by atoms with Crippen molar-refractivity contribution in [1.29, 1.82) is 0 Å². The first-order valence-electron chi connectivity index (χ1n) is 15.3. The van der Waals surface area contributed by atoms with Crippen molar-refractivity contribution < 1.29 is 14.4 Å². The largest absolute Gasteiger partial charge is 0.321 e. The lowest BCUT2D eigenvalue weighted by molar-refractivity contribution is -0.116. The number of fused-ring (bicyclic) bond motifs is 1. The van der Waals surface area contributed by atoms with Crippen LogP contribution < -0.4 is 16.0 Å². The lowest BCUT2D eigenvalue weighted by Gasteiger charge is -2.15. The summed E-state index contributed by atoms with van der Waals surface area (Å²) in [4.78, 5) is 49.3. The van der Waals surface area contributed by atoms with Gasteiger partial charge >= 0.3 is 0 Å². The smallest absolute Gasteiger partial charge is 0.272 e. The van der Waals surface area contributed by atoms with E-state index in [-0.39, 0.29) is 11.6 Å². The Labute approximate surface area is 286 Å². The SMILES string of the molecule is CCC(Sc1cccc(NC(=O)/C(=C/c2cccnc2)NC(=O)c2ccccc2)c1)C(=O)Nc1nc(-c2ccc3ccccc3c2)cs1. The minimum absolute atomic E-state index is 0.0622. The molecule has 8 nitrogen and oxygen atoms in total. The summed E-state index contributed by atoms with van der Waals surface area (Å²) in [7, 11) is 0. The van der Waals surface area contributed by atoms with E-state index >= 15 is 0 Å². The molecule has 1 atom stereocenters. The summed E-state index contributed by atoms with van der Waals surface area (Å²) < 4.78 is 0. The monoisotopic (exact) mass is 669 g/mol. The second-order valence-electron chi connectivity index (χ2n) is 10.8. The Morgan fingerprint density at radius 1 is 0.854 bits per heavy atom. The molecule has 6 aromatic rings. The zero-order valence-electron chi connectivity index (χ0n) is 25.9. The fourth-order valence-corrected chi connectivity index (χ4v) is 6.64. The number of aromatic nitrogens is 2. The minimum Gasteiger partial charge on any atom is -0.321 e. The second kappa shape index (κ2) is 15.3. The van der Waals surface area contributed by atoms with Crippen molar-refractivity contribution in [2.75, 3.05) is 10.6 Å². The topological polar surface area (TPSA) is 113 Å². The molecule has 2 heterocycles. The summed E-state index contributed by atoms with van der Waals surface area (Å²) in [5, 5.41) is 13.0. The Bertz CT molecular complexity index is 2100. The molecule has 6 rings (SSSR count). The Kier molecular flexibility index (Phi) is 10.3. The van der Waals surface area contributed by atoms with Crippen LogP contribution in [-0.4, -0.2) is 32.9 Å². The predicted molar refractivity (Wildman–Crippen MR) is 195 cm³/mol. The fourth-order valence-electron chi connectivity index (χ4n) is 4.90. The number of pyridine rings is 1. The van der Waals surface area contributed by atoms with Crippen LogP contribution in [0.15, 0.2) is 138 Å². The number of amides is 3. The van der Waals surface area contributed by atoms with Gasteiger partial charge in [-0.1, -0.05) is 73.7 Å². The Balaban J connectivity index is 1.12. The normalized spacial score (nSPS) is 11.9. The highest BCUT2D eigenvalue weighted by Gasteiger charge is 2.21. The van der Waals surface area contributed by atoms with Crippen molar-refractivity contribution in [2.45, 2.75) is 23.5 Å². The van der Waals surface area contributed by atoms with Gasteiger partial charge in [0.15, 0.2) is 5.13 Å². The number of anilines is 2. The number of carbonyl (C=O) groups excluding carboxylic acids is 3. The molecule has 3 N–H and O–H groups in total. The first kappa shape index (κ1) is 32.4. The zero-order valence-corrected chi connectivity index (χ0v) is 27.6. The number of thioether (sulfide) groups is 1. The van der Waals surface area contributed by atoms with Gasteiger partial charge in [-0.3, -0.25) is 19.4 Å². The van der Waals surface area contributed by atoms with E-state index in [9.17, 15) is 14.4 Å². The van der Waals surface area contributed by atoms with Crippen molar-refractivity contribution >= 4 is 68.5 Å². The van der Waals surface area contributed by atoms with Crippen molar-refractivity contribution in [3.63, 3.8) is 0 Å². The summed E-state index contributed by atoms with van der Waals surface area (Å²) in [5.41, 5.74) is 3.46. The van der Waals surface area contributed by atoms with Gasteiger partial charge in [-0.05, 0) is 71.3 Å². The van der Waals surface area contributed by atoms with Gasteiger partial charge in [-0.25, -0.2) is 4.98 Å². The lowest BCUT2D eigenvalue weighted by Crippen LogP contribution is -2.30. The van der Waals surface area contributed by atoms with Crippen LogP contribution in [-0.2, 0) is 9.59 Å². The van der Waals surface area contributed by atoms with E-state index in [0.29, 0.717) is 28.4 Å². The molecular formula is C38H31N5O3S2. The molecule has 1 unspecified atom stereocenters. The van der Waals surface area contributed by atoms with E-state index in [1.807, 2.05) is 48.7 Å². The molecular weight excluding hydrogens is 639 g/mol. The molecule has 0 saturated carbocycles. The Morgan fingerprint density at radius 3 is 2.46 bits per heavy atom. The quantitative estimate of drug-likeness (QED) is 0.0946. The first-order valence-corrected chi connectivity index (χ1v) is 17.0. The van der Waals surface area contributed by atoms with Crippen molar-refractivity contribution in [3.05, 3.63) is 144 Å². The number of thiazole rings is 1. The van der Waals surface area contributed by atoms with Crippen LogP contribution in [0.1, 0.15) is 29.3 Å². The molecule has 0 fully saturated rings. The number of benzene rings is 4. The van der Waals surface area contributed by atoms with Crippen LogP contribution in [0.25, 0.3) is 28.1 Å². The molecule has 0 bridgehead atoms. The molecule has 4 aromatic carbocycles. The second-order valence-corrected chi connectivity index (χ2v) is 12.9. The third-order valence-corrected chi connectivity index (χ3v) is 9.45. The van der Waals surface area contributed by atoms with Crippen LogP contribution >= 0.6 is 23.1 Å². The van der Waals surface area contributed by atoms with Crippen molar-refractivity contribution in [3.8, 4) is 11.3 Å². The molecule has 10 heteroatoms. The lowest BCUT2D eigenvalue weighted by atomic mass is 10.1. The van der Waals surface area contributed by atoms with E-state index in [2.05, 4.69) is 50.2 Å². The van der Waals surface area contributed by atoms with E-state index in [1.165, 1.54) is 23.1 Å². The summed E-state index contributed by atoms with van der Waals surface area (Å²) in [6.45, 7) is 1.95. The Hall–Kier alpha value is -5.58. The number of hydrogen-bond acceptors (Lipinski definition) is 7. The third-order valence-electron chi connectivity index (χ3n) is 7.34. The molecule has 0 spiro atoms. The van der Waals surface area contributed by atoms with Gasteiger partial charge in [0.2, 0.25) is 5.91 Å². The number of nitrogens with one attached hydrogen (secondary N) is 3. The van der Waals surface area contributed by atoms with Gasteiger partial charge in [0.1, 0.15) is 5.70 Å². The highest BCUT2D eigenvalue weighted by Crippen LogP contribution is 2.31. The molecule has 2 aromatic heterocycles. The van der Waals surface area contributed by atoms with Gasteiger partial charge in [0.05, 0.1) is 10.9 Å². The van der Waals surface area contributed by atoms with Crippen molar-refractivity contribution in [1.82, 2.24) is 15.3 Å². The van der Waals surface area contributed by atoms with Gasteiger partial charge in [-0.2, -0.15) is 0 Å². The van der Waals surface area contributed by atoms with E-state index in [1.54, 1.807) is 67.0 Å². The Morgan fingerprint density at radius 2 is 1.67 bits per heavy atom. The maximum absolute atomic E-state index is 13.5. The molecule has 48 heavy (non-hydrogen) atoms. The average molecular weight is 670 g/mol. The number of nitrogens with zero attached hydrogens (tertiary/aromatic N) is 2. The number of hydrogen-bond donors (Lipinski definition) is 3. The maximum Gasteiger partial charge on any atom is 0.272 e. The van der Waals surface area contributed by atoms with Crippen LogP contribution in [0.5, 0.6) is 0 Å². The highest BCUT2D eigenvalue weighted by molar-refractivity contribution is 8.00. The molecule has 0 aliphatic carbocycles. The van der Waals surface area contributed by atoms with Gasteiger partial charge < -0.3 is 16.0 Å². The van der Waals surface area contributed by atoms with Crippen LogP contribution in [0.4, 0.5) is 10.8 Å². The average Bonchev–Trinajstić information content (AvgIpc) is 3.59. The van der Waals surface area contributed by atoms with Gasteiger partial charge in [-0.15, -0.1) is 23.1 Å².